The first-order valence-corrected chi connectivity index (χ1v) is 8.69. The maximum atomic E-state index is 12.9. The standard InChI is InChI=1S/C18H24F2N6/c1-21-18(23-13-16-22-7-8-26(16)17(19)20)25-11-9-24(10-12-25)14-15-5-3-2-4-6-15/h2-8,17H,9-14H2,1H3,(H,21,23). The number of alkyl halides is 2. The van der Waals surface area contributed by atoms with Crippen LogP contribution in [0.25, 0.3) is 0 Å². The molecule has 1 N–H and O–H groups in total. The average Bonchev–Trinajstić information content (AvgIpc) is 3.13. The van der Waals surface area contributed by atoms with E-state index in [1.807, 2.05) is 6.07 Å². The molecule has 0 amide bonds. The summed E-state index contributed by atoms with van der Waals surface area (Å²) in [5.74, 6) is 1.01. The van der Waals surface area contributed by atoms with Crippen molar-refractivity contribution in [2.24, 2.45) is 4.99 Å². The number of imidazole rings is 1. The van der Waals surface area contributed by atoms with Gasteiger partial charge in [0.1, 0.15) is 5.82 Å². The zero-order chi connectivity index (χ0) is 18.4. The molecule has 0 bridgehead atoms. The van der Waals surface area contributed by atoms with Gasteiger partial charge in [-0.05, 0) is 5.56 Å². The normalized spacial score (nSPS) is 16.3. The SMILES string of the molecule is CN=C(NCc1nccn1C(F)F)N1CCN(Cc2ccccc2)CC1. The van der Waals surface area contributed by atoms with Gasteiger partial charge in [0.05, 0.1) is 6.54 Å². The molecule has 0 radical (unpaired) electrons. The summed E-state index contributed by atoms with van der Waals surface area (Å²) in [6, 6.07) is 10.4. The molecule has 1 aromatic carbocycles. The van der Waals surface area contributed by atoms with Gasteiger partial charge in [0.25, 0.3) is 0 Å². The van der Waals surface area contributed by atoms with Gasteiger partial charge in [0.2, 0.25) is 0 Å². The Bertz CT molecular complexity index is 707. The molecular formula is C18H24F2N6. The van der Waals surface area contributed by atoms with Crippen LogP contribution in [0.4, 0.5) is 8.78 Å². The van der Waals surface area contributed by atoms with Gasteiger partial charge in [0.15, 0.2) is 5.96 Å². The monoisotopic (exact) mass is 362 g/mol. The molecule has 140 valence electrons. The van der Waals surface area contributed by atoms with E-state index in [4.69, 9.17) is 0 Å². The minimum absolute atomic E-state index is 0.217. The van der Waals surface area contributed by atoms with Crippen molar-refractivity contribution in [3.63, 3.8) is 0 Å². The van der Waals surface area contributed by atoms with Gasteiger partial charge in [-0.1, -0.05) is 30.3 Å². The zero-order valence-electron chi connectivity index (χ0n) is 14.9. The quantitative estimate of drug-likeness (QED) is 0.654. The van der Waals surface area contributed by atoms with E-state index in [0.29, 0.717) is 11.8 Å². The summed E-state index contributed by atoms with van der Waals surface area (Å²) < 4.78 is 26.6. The number of guanidine groups is 1. The van der Waals surface area contributed by atoms with Crippen LogP contribution in [0.2, 0.25) is 0 Å². The maximum absolute atomic E-state index is 12.9. The Hall–Kier alpha value is -2.48. The molecule has 1 fully saturated rings. The molecule has 8 heteroatoms. The van der Waals surface area contributed by atoms with E-state index in [-0.39, 0.29) is 6.54 Å². The third-order valence-corrected chi connectivity index (χ3v) is 4.50. The molecule has 3 rings (SSSR count). The van der Waals surface area contributed by atoms with Crippen LogP contribution < -0.4 is 5.32 Å². The van der Waals surface area contributed by atoms with Gasteiger partial charge in [-0.2, -0.15) is 8.78 Å². The van der Waals surface area contributed by atoms with Gasteiger partial charge >= 0.3 is 6.55 Å². The molecule has 2 heterocycles. The molecule has 1 aliphatic heterocycles. The summed E-state index contributed by atoms with van der Waals surface area (Å²) in [7, 11) is 1.71. The molecule has 2 aromatic rings. The third-order valence-electron chi connectivity index (χ3n) is 4.50. The second-order valence-electron chi connectivity index (χ2n) is 6.18. The van der Waals surface area contributed by atoms with E-state index in [1.54, 1.807) is 7.05 Å². The Morgan fingerprint density at radius 1 is 1.19 bits per heavy atom. The number of benzene rings is 1. The highest BCUT2D eigenvalue weighted by Crippen LogP contribution is 2.12. The van der Waals surface area contributed by atoms with Crippen LogP contribution in [-0.2, 0) is 13.1 Å². The van der Waals surface area contributed by atoms with Crippen LogP contribution >= 0.6 is 0 Å². The van der Waals surface area contributed by atoms with E-state index in [2.05, 4.69) is 49.4 Å². The van der Waals surface area contributed by atoms with E-state index < -0.39 is 6.55 Å². The fourth-order valence-corrected chi connectivity index (χ4v) is 3.11. The molecule has 0 saturated carbocycles. The maximum Gasteiger partial charge on any atom is 0.319 e. The smallest absolute Gasteiger partial charge is 0.319 e. The topological polar surface area (TPSA) is 48.7 Å². The van der Waals surface area contributed by atoms with Crippen molar-refractivity contribution in [3.8, 4) is 0 Å². The number of nitrogens with one attached hydrogen (secondary N) is 1. The predicted octanol–water partition coefficient (Wildman–Crippen LogP) is 2.17. The van der Waals surface area contributed by atoms with Gasteiger partial charge in [-0.15, -0.1) is 0 Å². The number of piperazine rings is 1. The fraction of sp³-hybridized carbons (Fsp3) is 0.444. The summed E-state index contributed by atoms with van der Waals surface area (Å²) in [5.41, 5.74) is 1.31. The lowest BCUT2D eigenvalue weighted by Crippen LogP contribution is -2.52. The van der Waals surface area contributed by atoms with Gasteiger partial charge in [0, 0.05) is 52.2 Å². The van der Waals surface area contributed by atoms with Crippen molar-refractivity contribution in [2.45, 2.75) is 19.6 Å². The predicted molar refractivity (Wildman–Crippen MR) is 97.0 cm³/mol. The Kier molecular flexibility index (Phi) is 6.17. The first kappa shape index (κ1) is 18.3. The lowest BCUT2D eigenvalue weighted by molar-refractivity contribution is 0.0668. The number of rotatable bonds is 5. The Balaban J connectivity index is 1.50. The molecule has 0 atom stereocenters. The number of halogens is 2. The molecule has 0 aliphatic carbocycles. The number of nitrogens with zero attached hydrogens (tertiary/aromatic N) is 5. The summed E-state index contributed by atoms with van der Waals surface area (Å²) in [6.07, 6.45) is 2.67. The van der Waals surface area contributed by atoms with E-state index >= 15 is 0 Å². The molecular weight excluding hydrogens is 338 g/mol. The number of aromatic nitrogens is 2. The Morgan fingerprint density at radius 2 is 1.92 bits per heavy atom. The molecule has 6 nitrogen and oxygen atoms in total. The number of hydrogen-bond acceptors (Lipinski definition) is 3. The Morgan fingerprint density at radius 3 is 2.58 bits per heavy atom. The lowest BCUT2D eigenvalue weighted by atomic mass is 10.2. The summed E-state index contributed by atoms with van der Waals surface area (Å²) in [6.45, 7) is 2.12. The molecule has 0 unspecified atom stereocenters. The molecule has 1 aliphatic rings. The van der Waals surface area contributed by atoms with Gasteiger partial charge in [-0.25, -0.2) is 4.98 Å². The first-order valence-electron chi connectivity index (χ1n) is 8.69. The fourth-order valence-electron chi connectivity index (χ4n) is 3.11. The second kappa shape index (κ2) is 8.75. The van der Waals surface area contributed by atoms with Crippen molar-refractivity contribution in [2.75, 3.05) is 33.2 Å². The summed E-state index contributed by atoms with van der Waals surface area (Å²) in [4.78, 5) is 12.8. The van der Waals surface area contributed by atoms with Crippen molar-refractivity contribution in [3.05, 3.63) is 54.1 Å². The summed E-state index contributed by atoms with van der Waals surface area (Å²) in [5, 5.41) is 3.14. The molecule has 1 aromatic heterocycles. The molecule has 0 spiro atoms. The molecule has 26 heavy (non-hydrogen) atoms. The van der Waals surface area contributed by atoms with Crippen LogP contribution in [0.3, 0.4) is 0 Å². The first-order chi connectivity index (χ1) is 12.7. The van der Waals surface area contributed by atoms with Crippen molar-refractivity contribution in [1.29, 1.82) is 0 Å². The molecule has 1 saturated heterocycles. The van der Waals surface area contributed by atoms with Crippen molar-refractivity contribution >= 4 is 5.96 Å². The highest BCUT2D eigenvalue weighted by atomic mass is 19.3. The number of aliphatic imine (C=N–C) groups is 1. The Labute approximate surface area is 152 Å². The van der Waals surface area contributed by atoms with E-state index in [1.165, 1.54) is 18.0 Å². The third kappa shape index (κ3) is 4.57. The van der Waals surface area contributed by atoms with E-state index in [0.717, 1.165) is 37.3 Å². The highest BCUT2D eigenvalue weighted by Gasteiger charge is 2.20. The summed E-state index contributed by atoms with van der Waals surface area (Å²) >= 11 is 0. The zero-order valence-corrected chi connectivity index (χ0v) is 14.9. The van der Waals surface area contributed by atoms with E-state index in [9.17, 15) is 8.78 Å². The lowest BCUT2D eigenvalue weighted by Gasteiger charge is -2.36. The van der Waals surface area contributed by atoms with Crippen LogP contribution in [-0.4, -0.2) is 58.5 Å². The van der Waals surface area contributed by atoms with Gasteiger partial charge < -0.3 is 10.2 Å². The minimum atomic E-state index is -2.59. The largest absolute Gasteiger partial charge is 0.349 e. The minimum Gasteiger partial charge on any atom is -0.349 e. The van der Waals surface area contributed by atoms with Crippen molar-refractivity contribution < 1.29 is 8.78 Å². The highest BCUT2D eigenvalue weighted by molar-refractivity contribution is 5.79. The van der Waals surface area contributed by atoms with Crippen molar-refractivity contribution in [1.82, 2.24) is 24.7 Å². The van der Waals surface area contributed by atoms with Gasteiger partial charge in [-0.3, -0.25) is 14.5 Å². The van der Waals surface area contributed by atoms with Crippen LogP contribution in [0.1, 0.15) is 17.9 Å². The van der Waals surface area contributed by atoms with Crippen LogP contribution in [0, 0.1) is 0 Å². The average molecular weight is 362 g/mol. The number of hydrogen-bond donors (Lipinski definition) is 1. The van der Waals surface area contributed by atoms with Crippen LogP contribution in [0.15, 0.2) is 47.7 Å². The van der Waals surface area contributed by atoms with Crippen LogP contribution in [0.5, 0.6) is 0 Å². The second-order valence-corrected chi connectivity index (χ2v) is 6.18.